The number of amides is 1. The van der Waals surface area contributed by atoms with E-state index in [4.69, 9.17) is 0 Å². The molecule has 0 radical (unpaired) electrons. The highest BCUT2D eigenvalue weighted by Crippen LogP contribution is 2.23. The van der Waals surface area contributed by atoms with Gasteiger partial charge in [0.15, 0.2) is 0 Å². The maximum Gasteiger partial charge on any atom is 0.330 e. The minimum Gasteiger partial charge on any atom is -0.370 e. The summed E-state index contributed by atoms with van der Waals surface area (Å²) in [4.78, 5) is 12.0. The Labute approximate surface area is 143 Å². The normalized spacial score (nSPS) is 17.6. The van der Waals surface area contributed by atoms with Crippen molar-refractivity contribution >= 4 is 24.0 Å². The quantitative estimate of drug-likeness (QED) is 0.725. The van der Waals surface area contributed by atoms with E-state index in [0.29, 0.717) is 17.8 Å². The number of nitrogens with one attached hydrogen (secondary N) is 2. The van der Waals surface area contributed by atoms with Crippen LogP contribution in [0, 0.1) is 5.92 Å². The molecule has 2 N–H and O–H groups in total. The number of hydrogen-bond acceptors (Lipinski definition) is 3. The highest BCUT2D eigenvalue weighted by Gasteiger charge is 2.40. The molecule has 1 fully saturated rings. The molecule has 0 saturated carbocycles. The van der Waals surface area contributed by atoms with Crippen molar-refractivity contribution in [1.82, 2.24) is 5.32 Å². The van der Waals surface area contributed by atoms with Gasteiger partial charge in [0.1, 0.15) is 6.61 Å². The Morgan fingerprint density at radius 1 is 1.42 bits per heavy atom. The zero-order chi connectivity index (χ0) is 16.9. The standard InChI is InChI=1S/C15H18F4N2O2.ClH/c16-14(17)15(18,19)9-23-8-10-2-1-3-12(6-10)21-13(22)11-4-5-20-7-11;/h1-3,6,11,14,20H,4-5,7-9H2,(H,21,22);1H. The number of ether oxygens (including phenoxy) is 1. The van der Waals surface area contributed by atoms with Crippen LogP contribution in [0.3, 0.4) is 0 Å². The van der Waals surface area contributed by atoms with Crippen molar-refractivity contribution in [2.75, 3.05) is 25.0 Å². The third-order valence-corrected chi connectivity index (χ3v) is 3.51. The van der Waals surface area contributed by atoms with Crippen LogP contribution in [0.5, 0.6) is 0 Å². The first-order valence-corrected chi connectivity index (χ1v) is 7.23. The molecule has 1 aromatic rings. The Morgan fingerprint density at radius 2 is 2.17 bits per heavy atom. The molecular formula is C15H19ClF4N2O2. The zero-order valence-corrected chi connectivity index (χ0v) is 13.6. The Hall–Kier alpha value is -1.38. The summed E-state index contributed by atoms with van der Waals surface area (Å²) < 4.78 is 54.1. The van der Waals surface area contributed by atoms with Crippen LogP contribution in [0.15, 0.2) is 24.3 Å². The first kappa shape index (κ1) is 20.7. The van der Waals surface area contributed by atoms with E-state index in [2.05, 4.69) is 15.4 Å². The average Bonchev–Trinajstić information content (AvgIpc) is 3.01. The number of alkyl halides is 4. The van der Waals surface area contributed by atoms with Gasteiger partial charge in [-0.1, -0.05) is 12.1 Å². The summed E-state index contributed by atoms with van der Waals surface area (Å²) in [6.45, 7) is -0.173. The number of benzene rings is 1. The van der Waals surface area contributed by atoms with Crippen LogP contribution < -0.4 is 10.6 Å². The Balaban J connectivity index is 0.00000288. The van der Waals surface area contributed by atoms with Crippen molar-refractivity contribution in [2.24, 2.45) is 5.92 Å². The molecular weight excluding hydrogens is 352 g/mol. The molecule has 24 heavy (non-hydrogen) atoms. The number of rotatable bonds is 7. The lowest BCUT2D eigenvalue weighted by molar-refractivity contribution is -0.168. The van der Waals surface area contributed by atoms with Gasteiger partial charge in [-0.15, -0.1) is 12.4 Å². The van der Waals surface area contributed by atoms with Crippen LogP contribution in [0.2, 0.25) is 0 Å². The van der Waals surface area contributed by atoms with E-state index in [-0.39, 0.29) is 30.8 Å². The minimum atomic E-state index is -4.17. The van der Waals surface area contributed by atoms with Crippen LogP contribution in [0.25, 0.3) is 0 Å². The maximum atomic E-state index is 12.7. The molecule has 2 rings (SSSR count). The van der Waals surface area contributed by atoms with Gasteiger partial charge >= 0.3 is 12.3 Å². The minimum absolute atomic E-state index is 0. The molecule has 1 atom stereocenters. The van der Waals surface area contributed by atoms with Crippen LogP contribution in [-0.4, -0.2) is 38.0 Å². The fourth-order valence-electron chi connectivity index (χ4n) is 2.23. The van der Waals surface area contributed by atoms with E-state index in [9.17, 15) is 22.4 Å². The second-order valence-corrected chi connectivity index (χ2v) is 5.43. The summed E-state index contributed by atoms with van der Waals surface area (Å²) in [7, 11) is 0. The molecule has 1 aliphatic heterocycles. The lowest BCUT2D eigenvalue weighted by Crippen LogP contribution is -2.32. The van der Waals surface area contributed by atoms with Gasteiger partial charge in [-0.3, -0.25) is 4.79 Å². The Bertz CT molecular complexity index is 540. The topological polar surface area (TPSA) is 50.4 Å². The molecule has 1 heterocycles. The number of hydrogen-bond donors (Lipinski definition) is 2. The summed E-state index contributed by atoms with van der Waals surface area (Å²) in [5.41, 5.74) is 1.03. The smallest absolute Gasteiger partial charge is 0.330 e. The van der Waals surface area contributed by atoms with E-state index < -0.39 is 19.0 Å². The molecule has 1 amide bonds. The van der Waals surface area contributed by atoms with Gasteiger partial charge in [-0.2, -0.15) is 8.78 Å². The fourth-order valence-corrected chi connectivity index (χ4v) is 2.23. The summed E-state index contributed by atoms with van der Waals surface area (Å²) >= 11 is 0. The summed E-state index contributed by atoms with van der Waals surface area (Å²) in [6.07, 6.45) is -3.00. The van der Waals surface area contributed by atoms with Crippen molar-refractivity contribution in [3.63, 3.8) is 0 Å². The van der Waals surface area contributed by atoms with Crippen LogP contribution in [0.4, 0.5) is 23.2 Å². The Kier molecular flexibility index (Phi) is 7.92. The first-order chi connectivity index (χ1) is 10.9. The van der Waals surface area contributed by atoms with Crippen molar-refractivity contribution in [3.8, 4) is 0 Å². The Morgan fingerprint density at radius 3 is 2.79 bits per heavy atom. The van der Waals surface area contributed by atoms with Crippen molar-refractivity contribution in [2.45, 2.75) is 25.4 Å². The molecule has 1 aliphatic rings. The van der Waals surface area contributed by atoms with Crippen molar-refractivity contribution in [3.05, 3.63) is 29.8 Å². The molecule has 1 saturated heterocycles. The van der Waals surface area contributed by atoms with Gasteiger partial charge in [-0.25, -0.2) is 8.78 Å². The average molecular weight is 371 g/mol. The van der Waals surface area contributed by atoms with Gasteiger partial charge < -0.3 is 15.4 Å². The van der Waals surface area contributed by atoms with E-state index >= 15 is 0 Å². The first-order valence-electron chi connectivity index (χ1n) is 7.23. The summed E-state index contributed by atoms with van der Waals surface area (Å²) in [5.74, 6) is -4.38. The van der Waals surface area contributed by atoms with Gasteiger partial charge in [-0.05, 0) is 30.7 Å². The summed E-state index contributed by atoms with van der Waals surface area (Å²) in [6, 6.07) is 6.47. The van der Waals surface area contributed by atoms with Gasteiger partial charge in [0, 0.05) is 12.2 Å². The highest BCUT2D eigenvalue weighted by molar-refractivity contribution is 5.92. The highest BCUT2D eigenvalue weighted by atomic mass is 35.5. The molecule has 0 bridgehead atoms. The predicted molar refractivity (Wildman–Crippen MR) is 83.9 cm³/mol. The predicted octanol–water partition coefficient (Wildman–Crippen LogP) is 3.07. The second kappa shape index (κ2) is 9.19. The van der Waals surface area contributed by atoms with E-state index in [1.54, 1.807) is 24.3 Å². The van der Waals surface area contributed by atoms with Crippen molar-refractivity contribution < 1.29 is 27.1 Å². The lowest BCUT2D eigenvalue weighted by atomic mass is 10.1. The SMILES string of the molecule is Cl.O=C(Nc1cccc(COCC(F)(F)C(F)F)c1)C1CCNC1. The largest absolute Gasteiger partial charge is 0.370 e. The molecule has 0 aliphatic carbocycles. The van der Waals surface area contributed by atoms with Crippen LogP contribution >= 0.6 is 12.4 Å². The molecule has 4 nitrogen and oxygen atoms in total. The molecule has 1 aromatic carbocycles. The molecule has 136 valence electrons. The van der Waals surface area contributed by atoms with Crippen molar-refractivity contribution in [1.29, 1.82) is 0 Å². The van der Waals surface area contributed by atoms with Gasteiger partial charge in [0.05, 0.1) is 12.5 Å². The second-order valence-electron chi connectivity index (χ2n) is 5.43. The van der Waals surface area contributed by atoms with Crippen LogP contribution in [-0.2, 0) is 16.1 Å². The van der Waals surface area contributed by atoms with Gasteiger partial charge in [0.25, 0.3) is 0 Å². The fraction of sp³-hybridized carbons (Fsp3) is 0.533. The number of carbonyl (C=O) groups is 1. The third kappa shape index (κ3) is 5.92. The van der Waals surface area contributed by atoms with E-state index in [1.165, 1.54) is 0 Å². The number of anilines is 1. The lowest BCUT2D eigenvalue weighted by Gasteiger charge is -2.15. The van der Waals surface area contributed by atoms with Crippen LogP contribution in [0.1, 0.15) is 12.0 Å². The number of carbonyl (C=O) groups excluding carboxylic acids is 1. The zero-order valence-electron chi connectivity index (χ0n) is 12.7. The molecule has 9 heteroatoms. The third-order valence-electron chi connectivity index (χ3n) is 3.51. The maximum absolute atomic E-state index is 12.7. The molecule has 0 aromatic heterocycles. The molecule has 1 unspecified atom stereocenters. The monoisotopic (exact) mass is 370 g/mol. The van der Waals surface area contributed by atoms with E-state index in [1.807, 2.05) is 0 Å². The van der Waals surface area contributed by atoms with E-state index in [0.717, 1.165) is 13.0 Å². The van der Waals surface area contributed by atoms with Gasteiger partial charge in [0.2, 0.25) is 5.91 Å². The molecule has 0 spiro atoms. The summed E-state index contributed by atoms with van der Waals surface area (Å²) in [5, 5.41) is 5.83. The number of halogens is 5.